The molecule has 0 radical (unpaired) electrons. The Labute approximate surface area is 102 Å². The van der Waals surface area contributed by atoms with Gasteiger partial charge in [-0.05, 0) is 24.8 Å². The molecule has 0 aliphatic rings. The minimum absolute atomic E-state index is 0.0730. The number of rotatable bonds is 4. The fraction of sp³-hybridized carbons (Fsp3) is 0.583. The van der Waals surface area contributed by atoms with Crippen LogP contribution in [0.25, 0.3) is 0 Å². The van der Waals surface area contributed by atoms with Crippen LogP contribution in [-0.2, 0) is 0 Å². The molecule has 0 amide bonds. The summed E-state index contributed by atoms with van der Waals surface area (Å²) in [5, 5.41) is 7.34. The summed E-state index contributed by atoms with van der Waals surface area (Å²) in [7, 11) is 0. The highest BCUT2D eigenvalue weighted by Crippen LogP contribution is 2.18. The summed E-state index contributed by atoms with van der Waals surface area (Å²) in [6, 6.07) is 1.96. The second-order valence-corrected chi connectivity index (χ2v) is 5.25. The van der Waals surface area contributed by atoms with E-state index < -0.39 is 0 Å². The van der Waals surface area contributed by atoms with Crippen molar-refractivity contribution in [2.24, 2.45) is 11.1 Å². The van der Waals surface area contributed by atoms with E-state index in [9.17, 15) is 0 Å². The van der Waals surface area contributed by atoms with Crippen LogP contribution in [0.5, 0.6) is 6.01 Å². The first-order valence-electron chi connectivity index (χ1n) is 5.61. The molecular formula is C12H20N4O. The molecule has 5 nitrogen and oxygen atoms in total. The second-order valence-electron chi connectivity index (χ2n) is 5.25. The van der Waals surface area contributed by atoms with Crippen LogP contribution >= 0.6 is 0 Å². The van der Waals surface area contributed by atoms with Crippen molar-refractivity contribution in [1.82, 2.24) is 9.97 Å². The van der Waals surface area contributed by atoms with Gasteiger partial charge >= 0.3 is 6.01 Å². The summed E-state index contributed by atoms with van der Waals surface area (Å²) in [5.41, 5.74) is 6.75. The Balaban J connectivity index is 2.68. The molecule has 94 valence electrons. The van der Waals surface area contributed by atoms with E-state index in [0.29, 0.717) is 18.3 Å². The van der Waals surface area contributed by atoms with Crippen LogP contribution in [0.2, 0.25) is 0 Å². The average Bonchev–Trinajstić information content (AvgIpc) is 2.14. The number of nitrogen functional groups attached to an aromatic ring is 1. The van der Waals surface area contributed by atoms with E-state index in [0.717, 1.165) is 12.1 Å². The van der Waals surface area contributed by atoms with Gasteiger partial charge in [0, 0.05) is 5.69 Å². The Bertz CT molecular complexity index is 409. The molecule has 17 heavy (non-hydrogen) atoms. The third kappa shape index (κ3) is 4.80. The molecule has 1 aromatic rings. The van der Waals surface area contributed by atoms with Crippen LogP contribution in [0.4, 0.5) is 0 Å². The Morgan fingerprint density at radius 2 is 2.06 bits per heavy atom. The maximum absolute atomic E-state index is 7.34. The van der Waals surface area contributed by atoms with Crippen LogP contribution in [0.3, 0.4) is 0 Å². The molecule has 0 atom stereocenters. The van der Waals surface area contributed by atoms with E-state index in [2.05, 4.69) is 30.7 Å². The number of nitrogens with zero attached hydrogens (tertiary/aromatic N) is 2. The lowest BCUT2D eigenvalue weighted by Crippen LogP contribution is -2.16. The van der Waals surface area contributed by atoms with Crippen molar-refractivity contribution in [3.05, 3.63) is 17.5 Å². The molecule has 1 rings (SSSR count). The van der Waals surface area contributed by atoms with E-state index in [-0.39, 0.29) is 11.3 Å². The van der Waals surface area contributed by atoms with E-state index >= 15 is 0 Å². The fourth-order valence-electron chi connectivity index (χ4n) is 1.19. The van der Waals surface area contributed by atoms with E-state index in [4.69, 9.17) is 15.9 Å². The molecule has 0 aliphatic carbocycles. The summed E-state index contributed by atoms with van der Waals surface area (Å²) in [5.74, 6) is -0.0730. The van der Waals surface area contributed by atoms with Gasteiger partial charge in [-0.1, -0.05) is 20.8 Å². The third-order valence-corrected chi connectivity index (χ3v) is 2.19. The van der Waals surface area contributed by atoms with E-state index in [1.807, 2.05) is 6.92 Å². The van der Waals surface area contributed by atoms with Crippen molar-refractivity contribution in [3.63, 3.8) is 0 Å². The normalized spacial score (nSPS) is 11.3. The number of amidine groups is 1. The van der Waals surface area contributed by atoms with Crippen LogP contribution in [0, 0.1) is 17.7 Å². The fourth-order valence-corrected chi connectivity index (χ4v) is 1.19. The minimum Gasteiger partial charge on any atom is -0.463 e. The van der Waals surface area contributed by atoms with Crippen LogP contribution in [0.15, 0.2) is 6.07 Å². The number of aromatic nitrogens is 2. The highest BCUT2D eigenvalue weighted by Gasteiger charge is 2.11. The lowest BCUT2D eigenvalue weighted by Gasteiger charge is -2.17. The van der Waals surface area contributed by atoms with Gasteiger partial charge in [0.05, 0.1) is 6.61 Å². The predicted octanol–water partition coefficient (Wildman–Crippen LogP) is 1.88. The molecule has 0 spiro atoms. The third-order valence-electron chi connectivity index (χ3n) is 2.19. The van der Waals surface area contributed by atoms with Gasteiger partial charge in [0.25, 0.3) is 0 Å². The Hall–Kier alpha value is -1.65. The summed E-state index contributed by atoms with van der Waals surface area (Å²) in [4.78, 5) is 8.22. The zero-order valence-corrected chi connectivity index (χ0v) is 10.9. The number of hydrogen-bond acceptors (Lipinski definition) is 4. The zero-order chi connectivity index (χ0) is 13.1. The topological polar surface area (TPSA) is 84.9 Å². The number of ether oxygens (including phenoxy) is 1. The lowest BCUT2D eigenvalue weighted by molar-refractivity contribution is 0.228. The van der Waals surface area contributed by atoms with Crippen molar-refractivity contribution in [2.75, 3.05) is 6.61 Å². The molecule has 0 saturated carbocycles. The largest absolute Gasteiger partial charge is 0.463 e. The highest BCUT2D eigenvalue weighted by molar-refractivity contribution is 5.93. The Morgan fingerprint density at radius 1 is 1.41 bits per heavy atom. The van der Waals surface area contributed by atoms with Crippen molar-refractivity contribution in [3.8, 4) is 6.01 Å². The Morgan fingerprint density at radius 3 is 2.59 bits per heavy atom. The second kappa shape index (κ2) is 5.12. The summed E-state index contributed by atoms with van der Waals surface area (Å²) in [6.07, 6.45) is 0.916. The van der Waals surface area contributed by atoms with Crippen molar-refractivity contribution < 1.29 is 4.74 Å². The molecule has 0 bridgehead atoms. The van der Waals surface area contributed by atoms with Gasteiger partial charge < -0.3 is 10.5 Å². The van der Waals surface area contributed by atoms with Crippen LogP contribution in [0.1, 0.15) is 38.6 Å². The van der Waals surface area contributed by atoms with Crippen LogP contribution in [-0.4, -0.2) is 22.4 Å². The summed E-state index contributed by atoms with van der Waals surface area (Å²) in [6.45, 7) is 8.83. The molecule has 0 saturated heterocycles. The highest BCUT2D eigenvalue weighted by atomic mass is 16.5. The quantitative estimate of drug-likeness (QED) is 0.617. The van der Waals surface area contributed by atoms with Gasteiger partial charge in [0.1, 0.15) is 11.5 Å². The van der Waals surface area contributed by atoms with Gasteiger partial charge in [0.15, 0.2) is 0 Å². The molecule has 3 N–H and O–H groups in total. The molecular weight excluding hydrogens is 216 g/mol. The minimum atomic E-state index is -0.0730. The van der Waals surface area contributed by atoms with Gasteiger partial charge in [-0.25, -0.2) is 4.98 Å². The smallest absolute Gasteiger partial charge is 0.317 e. The van der Waals surface area contributed by atoms with Crippen molar-refractivity contribution in [1.29, 1.82) is 5.41 Å². The summed E-state index contributed by atoms with van der Waals surface area (Å²) >= 11 is 0. The van der Waals surface area contributed by atoms with Crippen LogP contribution < -0.4 is 10.5 Å². The monoisotopic (exact) mass is 236 g/mol. The van der Waals surface area contributed by atoms with Gasteiger partial charge in [-0.3, -0.25) is 5.41 Å². The van der Waals surface area contributed by atoms with Crippen molar-refractivity contribution >= 4 is 5.84 Å². The van der Waals surface area contributed by atoms with E-state index in [1.165, 1.54) is 0 Å². The number of nitrogens with two attached hydrogens (primary N) is 1. The number of hydrogen-bond donors (Lipinski definition) is 2. The average molecular weight is 236 g/mol. The molecule has 0 aromatic carbocycles. The Kier molecular flexibility index (Phi) is 4.04. The number of aryl methyl sites for hydroxylation is 1. The lowest BCUT2D eigenvalue weighted by atomic mass is 9.93. The maximum Gasteiger partial charge on any atom is 0.317 e. The SMILES string of the molecule is Cc1cc(C(=N)N)nc(OCCC(C)(C)C)n1. The van der Waals surface area contributed by atoms with Gasteiger partial charge in [-0.2, -0.15) is 4.98 Å². The van der Waals surface area contributed by atoms with Gasteiger partial charge in [0.2, 0.25) is 0 Å². The predicted molar refractivity (Wildman–Crippen MR) is 67.4 cm³/mol. The molecule has 1 heterocycles. The first-order chi connectivity index (χ1) is 7.78. The first kappa shape index (κ1) is 13.4. The molecule has 0 aliphatic heterocycles. The van der Waals surface area contributed by atoms with Gasteiger partial charge in [-0.15, -0.1) is 0 Å². The standard InChI is InChI=1S/C12H20N4O/c1-8-7-9(10(13)14)16-11(15-8)17-6-5-12(2,3)4/h7H,5-6H2,1-4H3,(H3,13,14). The zero-order valence-electron chi connectivity index (χ0n) is 10.9. The maximum atomic E-state index is 7.34. The molecule has 0 unspecified atom stereocenters. The van der Waals surface area contributed by atoms with Crippen molar-refractivity contribution in [2.45, 2.75) is 34.1 Å². The number of nitrogens with one attached hydrogen (secondary N) is 1. The first-order valence-corrected chi connectivity index (χ1v) is 5.61. The molecule has 0 fully saturated rings. The molecule has 5 heteroatoms. The van der Waals surface area contributed by atoms with E-state index in [1.54, 1.807) is 6.07 Å². The summed E-state index contributed by atoms with van der Waals surface area (Å²) < 4.78 is 5.48. The molecule has 1 aromatic heterocycles.